The molecule has 32 heavy (non-hydrogen) atoms. The van der Waals surface area contributed by atoms with Crippen molar-refractivity contribution in [2.24, 2.45) is 0 Å². The van der Waals surface area contributed by atoms with Gasteiger partial charge in [0.15, 0.2) is 0 Å². The summed E-state index contributed by atoms with van der Waals surface area (Å²) < 4.78 is 32.9. The number of hydrogen-bond donors (Lipinski definition) is 0. The third-order valence-corrected chi connectivity index (χ3v) is 8.47. The van der Waals surface area contributed by atoms with E-state index in [2.05, 4.69) is 11.0 Å². The molecule has 0 spiro atoms. The molecule has 0 aliphatic carbocycles. The molecule has 7 nitrogen and oxygen atoms in total. The lowest BCUT2D eigenvalue weighted by Gasteiger charge is -2.36. The molecule has 0 atom stereocenters. The van der Waals surface area contributed by atoms with Crippen LogP contribution < -0.4 is 4.74 Å². The van der Waals surface area contributed by atoms with Gasteiger partial charge in [-0.2, -0.15) is 4.31 Å². The minimum absolute atomic E-state index is 0.0552. The Kier molecular flexibility index (Phi) is 6.55. The summed E-state index contributed by atoms with van der Waals surface area (Å²) in [5.41, 5.74) is 4.53. The number of benzene rings is 2. The van der Waals surface area contributed by atoms with Crippen LogP contribution in [0.2, 0.25) is 0 Å². The Hall–Kier alpha value is -2.42. The molecule has 2 aromatic rings. The van der Waals surface area contributed by atoms with E-state index >= 15 is 0 Å². The number of aryl methyl sites for hydroxylation is 2. The smallest absolute Gasteiger partial charge is 0.243 e. The highest BCUT2D eigenvalue weighted by Crippen LogP contribution is 2.24. The minimum Gasteiger partial charge on any atom is -0.497 e. The van der Waals surface area contributed by atoms with Crippen LogP contribution in [-0.4, -0.2) is 74.8 Å². The van der Waals surface area contributed by atoms with Gasteiger partial charge in [-0.25, -0.2) is 8.42 Å². The molecule has 0 aromatic heterocycles. The highest BCUT2D eigenvalue weighted by Gasteiger charge is 2.31. The van der Waals surface area contributed by atoms with Gasteiger partial charge in [-0.1, -0.05) is 12.1 Å². The van der Waals surface area contributed by atoms with Crippen LogP contribution in [0.3, 0.4) is 0 Å². The Morgan fingerprint density at radius 3 is 2.38 bits per heavy atom. The molecule has 0 unspecified atom stereocenters. The van der Waals surface area contributed by atoms with E-state index in [1.807, 2.05) is 32.0 Å². The number of ether oxygens (including phenoxy) is 1. The maximum Gasteiger partial charge on any atom is 0.243 e. The summed E-state index contributed by atoms with van der Waals surface area (Å²) in [5, 5.41) is 0. The predicted molar refractivity (Wildman–Crippen MR) is 123 cm³/mol. The van der Waals surface area contributed by atoms with E-state index in [4.69, 9.17) is 4.74 Å². The Labute approximate surface area is 190 Å². The fourth-order valence-corrected chi connectivity index (χ4v) is 5.85. The Morgan fingerprint density at radius 1 is 0.938 bits per heavy atom. The van der Waals surface area contributed by atoms with Crippen LogP contribution in [0.25, 0.3) is 0 Å². The lowest BCUT2D eigenvalue weighted by atomic mass is 9.99. The second-order valence-electron chi connectivity index (χ2n) is 8.63. The van der Waals surface area contributed by atoms with Crippen LogP contribution in [0.15, 0.2) is 41.3 Å². The summed E-state index contributed by atoms with van der Waals surface area (Å²) in [7, 11) is -1.89. The number of rotatable bonds is 5. The molecular weight excluding hydrogens is 426 g/mol. The normalized spacial score (nSPS) is 17.8. The first-order chi connectivity index (χ1) is 15.3. The molecule has 172 valence electrons. The van der Waals surface area contributed by atoms with Crippen molar-refractivity contribution in [3.8, 4) is 5.75 Å². The quantitative estimate of drug-likeness (QED) is 0.689. The van der Waals surface area contributed by atoms with Crippen molar-refractivity contribution in [1.82, 2.24) is 14.1 Å². The number of hydrogen-bond acceptors (Lipinski definition) is 5. The summed E-state index contributed by atoms with van der Waals surface area (Å²) in [4.78, 5) is 17.2. The molecule has 4 rings (SSSR count). The van der Waals surface area contributed by atoms with Gasteiger partial charge in [-0.05, 0) is 66.8 Å². The molecule has 2 heterocycles. The standard InChI is InChI=1S/C24H31N3O4S/c1-18-4-7-23(14-19(18)2)32(29,30)27-12-10-26(11-13-27)24(28)17-25-9-8-20-5-6-22(31-3)15-21(20)16-25/h4-7,14-15H,8-13,16-17H2,1-3H3. The second kappa shape index (κ2) is 9.21. The van der Waals surface area contributed by atoms with E-state index in [0.717, 1.165) is 36.4 Å². The maximum absolute atomic E-state index is 13.0. The number of methoxy groups -OCH3 is 1. The van der Waals surface area contributed by atoms with Gasteiger partial charge >= 0.3 is 0 Å². The lowest BCUT2D eigenvalue weighted by molar-refractivity contribution is -0.133. The van der Waals surface area contributed by atoms with E-state index in [9.17, 15) is 13.2 Å². The van der Waals surface area contributed by atoms with Crippen molar-refractivity contribution in [3.63, 3.8) is 0 Å². The summed E-state index contributed by atoms with van der Waals surface area (Å²) in [6, 6.07) is 11.4. The van der Waals surface area contributed by atoms with Gasteiger partial charge in [0.05, 0.1) is 18.6 Å². The summed E-state index contributed by atoms with van der Waals surface area (Å²) >= 11 is 0. The largest absolute Gasteiger partial charge is 0.497 e. The third kappa shape index (κ3) is 4.67. The van der Waals surface area contributed by atoms with Crippen molar-refractivity contribution in [1.29, 1.82) is 0 Å². The van der Waals surface area contributed by atoms with Crippen molar-refractivity contribution in [2.75, 3.05) is 46.4 Å². The number of carbonyl (C=O) groups excluding carboxylic acids is 1. The van der Waals surface area contributed by atoms with Gasteiger partial charge < -0.3 is 9.64 Å². The number of nitrogens with zero attached hydrogens (tertiary/aromatic N) is 3. The van der Waals surface area contributed by atoms with Crippen molar-refractivity contribution >= 4 is 15.9 Å². The highest BCUT2D eigenvalue weighted by molar-refractivity contribution is 7.89. The van der Waals surface area contributed by atoms with Gasteiger partial charge in [0.25, 0.3) is 0 Å². The van der Waals surface area contributed by atoms with Crippen molar-refractivity contribution < 1.29 is 17.9 Å². The number of carbonyl (C=O) groups is 1. The molecular formula is C24H31N3O4S. The second-order valence-corrected chi connectivity index (χ2v) is 10.6. The van der Waals surface area contributed by atoms with E-state index in [1.165, 1.54) is 15.4 Å². The van der Waals surface area contributed by atoms with E-state index in [0.29, 0.717) is 37.6 Å². The first-order valence-electron chi connectivity index (χ1n) is 11.0. The van der Waals surface area contributed by atoms with Crippen LogP contribution in [-0.2, 0) is 27.8 Å². The molecule has 8 heteroatoms. The van der Waals surface area contributed by atoms with Gasteiger partial charge in [-0.3, -0.25) is 9.69 Å². The Morgan fingerprint density at radius 2 is 1.69 bits per heavy atom. The highest BCUT2D eigenvalue weighted by atomic mass is 32.2. The SMILES string of the molecule is COc1ccc2c(c1)CN(CC(=O)N1CCN(S(=O)(=O)c3ccc(C)c(C)c3)CC1)CC2. The molecule has 1 amide bonds. The topological polar surface area (TPSA) is 70.2 Å². The Balaban J connectivity index is 1.34. The summed E-state index contributed by atoms with van der Waals surface area (Å²) in [5.74, 6) is 0.887. The first-order valence-corrected chi connectivity index (χ1v) is 12.5. The average Bonchev–Trinajstić information content (AvgIpc) is 2.80. The molecule has 0 radical (unpaired) electrons. The summed E-state index contributed by atoms with van der Waals surface area (Å²) in [6.45, 7) is 7.27. The molecule has 2 aromatic carbocycles. The monoisotopic (exact) mass is 457 g/mol. The molecule has 1 saturated heterocycles. The van der Waals surface area contributed by atoms with Gasteiger partial charge in [0.2, 0.25) is 15.9 Å². The van der Waals surface area contributed by atoms with Gasteiger partial charge in [-0.15, -0.1) is 0 Å². The molecule has 0 bridgehead atoms. The Bertz CT molecular complexity index is 1110. The van der Waals surface area contributed by atoms with Crippen LogP contribution in [0.5, 0.6) is 5.75 Å². The number of sulfonamides is 1. The third-order valence-electron chi connectivity index (χ3n) is 6.57. The molecule has 2 aliphatic rings. The van der Waals surface area contributed by atoms with E-state index in [-0.39, 0.29) is 5.91 Å². The van der Waals surface area contributed by atoms with E-state index < -0.39 is 10.0 Å². The zero-order chi connectivity index (χ0) is 22.9. The zero-order valence-corrected chi connectivity index (χ0v) is 19.8. The first kappa shape index (κ1) is 22.8. The van der Waals surface area contributed by atoms with Crippen LogP contribution in [0.1, 0.15) is 22.3 Å². The maximum atomic E-state index is 13.0. The predicted octanol–water partition coefficient (Wildman–Crippen LogP) is 2.20. The van der Waals surface area contributed by atoms with Crippen LogP contribution >= 0.6 is 0 Å². The van der Waals surface area contributed by atoms with Crippen LogP contribution in [0.4, 0.5) is 0 Å². The van der Waals surface area contributed by atoms with Gasteiger partial charge in [0.1, 0.15) is 5.75 Å². The zero-order valence-electron chi connectivity index (χ0n) is 19.0. The molecule has 0 N–H and O–H groups in total. The van der Waals surface area contributed by atoms with E-state index in [1.54, 1.807) is 24.1 Å². The average molecular weight is 458 g/mol. The molecule has 2 aliphatic heterocycles. The summed E-state index contributed by atoms with van der Waals surface area (Å²) in [6.07, 6.45) is 0.911. The molecule has 0 saturated carbocycles. The van der Waals surface area contributed by atoms with Crippen molar-refractivity contribution in [2.45, 2.75) is 31.7 Å². The number of fused-ring (bicyclic) bond motifs is 1. The molecule has 1 fully saturated rings. The number of amides is 1. The lowest BCUT2D eigenvalue weighted by Crippen LogP contribution is -2.52. The van der Waals surface area contributed by atoms with Gasteiger partial charge in [0, 0.05) is 39.3 Å². The fourth-order valence-electron chi connectivity index (χ4n) is 4.35. The fraction of sp³-hybridized carbons (Fsp3) is 0.458. The number of piperazine rings is 1. The van der Waals surface area contributed by atoms with Crippen molar-refractivity contribution in [3.05, 3.63) is 58.7 Å². The van der Waals surface area contributed by atoms with Crippen LogP contribution in [0, 0.1) is 13.8 Å². The minimum atomic E-state index is -3.54.